The van der Waals surface area contributed by atoms with Gasteiger partial charge in [0, 0.05) is 25.6 Å². The van der Waals surface area contributed by atoms with E-state index in [0.717, 1.165) is 28.5 Å². The Hall–Kier alpha value is -1.97. The summed E-state index contributed by atoms with van der Waals surface area (Å²) in [6.45, 7) is 1.12. The van der Waals surface area contributed by atoms with E-state index >= 15 is 0 Å². The summed E-state index contributed by atoms with van der Waals surface area (Å²) in [6.07, 6.45) is 1.91. The average molecular weight is 398 g/mol. The van der Waals surface area contributed by atoms with Crippen LogP contribution in [0.5, 0.6) is 0 Å². The Kier molecular flexibility index (Phi) is 5.59. The summed E-state index contributed by atoms with van der Waals surface area (Å²) in [4.78, 5) is 12.6. The summed E-state index contributed by atoms with van der Waals surface area (Å²) >= 11 is 1.06. The third-order valence-corrected chi connectivity index (χ3v) is 7.00. The number of anilines is 1. The van der Waals surface area contributed by atoms with Crippen molar-refractivity contribution in [2.75, 3.05) is 24.5 Å². The van der Waals surface area contributed by atoms with Gasteiger partial charge in [0.2, 0.25) is 0 Å². The number of rotatable bonds is 6. The highest BCUT2D eigenvalue weighted by Gasteiger charge is 2.24. The summed E-state index contributed by atoms with van der Waals surface area (Å²) in [7, 11) is -2.45. The molecular weight excluding hydrogens is 379 g/mol. The molecule has 1 aliphatic heterocycles. The molecule has 1 atom stereocenters. The zero-order valence-electron chi connectivity index (χ0n) is 14.1. The Bertz CT molecular complexity index is 874. The van der Waals surface area contributed by atoms with Crippen LogP contribution >= 0.6 is 11.3 Å². The molecule has 9 heteroatoms. The van der Waals surface area contributed by atoms with Crippen molar-refractivity contribution in [2.24, 2.45) is 0 Å². The fourth-order valence-corrected chi connectivity index (χ4v) is 4.99. The first-order valence-electron chi connectivity index (χ1n) is 8.11. The Morgan fingerprint density at radius 3 is 2.77 bits per heavy atom. The molecule has 0 radical (unpaired) electrons. The Morgan fingerprint density at radius 2 is 2.12 bits per heavy atom. The molecule has 1 saturated heterocycles. The van der Waals surface area contributed by atoms with Gasteiger partial charge in [-0.3, -0.25) is 9.10 Å². The summed E-state index contributed by atoms with van der Waals surface area (Å²) in [5.74, 6) is -0.767. The maximum absolute atomic E-state index is 13.0. The molecule has 1 fully saturated rings. The second kappa shape index (κ2) is 7.73. The van der Waals surface area contributed by atoms with Crippen LogP contribution < -0.4 is 9.62 Å². The number of carbonyl (C=O) groups excluding carboxylic acids is 1. The molecular formula is C17H19FN2O4S2. The van der Waals surface area contributed by atoms with Crippen molar-refractivity contribution >= 4 is 33.0 Å². The lowest BCUT2D eigenvalue weighted by Gasteiger charge is -2.18. The van der Waals surface area contributed by atoms with E-state index in [1.54, 1.807) is 0 Å². The van der Waals surface area contributed by atoms with Gasteiger partial charge in [-0.2, -0.15) is 0 Å². The van der Waals surface area contributed by atoms with Gasteiger partial charge in [-0.25, -0.2) is 12.8 Å². The van der Waals surface area contributed by atoms with Crippen molar-refractivity contribution in [1.82, 2.24) is 5.32 Å². The summed E-state index contributed by atoms with van der Waals surface area (Å²) in [6, 6.07) is 6.51. The standard InChI is InChI=1S/C17H19FN2O4S2/c1-20(13-6-4-12(18)5-7-13)26(22,23)15-9-16(25-11-15)17(21)19-10-14-3-2-8-24-14/h4-7,9,11,14H,2-3,8,10H2,1H3,(H,19,21). The van der Waals surface area contributed by atoms with Gasteiger partial charge in [-0.1, -0.05) is 0 Å². The minimum atomic E-state index is -3.83. The fourth-order valence-electron chi connectivity index (χ4n) is 2.62. The van der Waals surface area contributed by atoms with Gasteiger partial charge in [0.15, 0.2) is 0 Å². The van der Waals surface area contributed by atoms with E-state index in [2.05, 4.69) is 5.32 Å². The second-order valence-electron chi connectivity index (χ2n) is 5.94. The highest BCUT2D eigenvalue weighted by molar-refractivity contribution is 7.93. The Balaban J connectivity index is 1.70. The minimum Gasteiger partial charge on any atom is -0.376 e. The Labute approximate surface area is 155 Å². The van der Waals surface area contributed by atoms with Crippen LogP contribution in [0.3, 0.4) is 0 Å². The largest absolute Gasteiger partial charge is 0.376 e. The number of benzene rings is 1. The molecule has 0 aliphatic carbocycles. The molecule has 26 heavy (non-hydrogen) atoms. The van der Waals surface area contributed by atoms with Crippen LogP contribution in [0.1, 0.15) is 22.5 Å². The summed E-state index contributed by atoms with van der Waals surface area (Å²) < 4.78 is 44.9. The van der Waals surface area contributed by atoms with Gasteiger partial charge in [0.05, 0.1) is 21.6 Å². The monoisotopic (exact) mass is 398 g/mol. The number of carbonyl (C=O) groups is 1. The average Bonchev–Trinajstić information content (AvgIpc) is 3.31. The van der Waals surface area contributed by atoms with Crippen LogP contribution in [0.25, 0.3) is 0 Å². The van der Waals surface area contributed by atoms with Crippen LogP contribution in [-0.2, 0) is 14.8 Å². The molecule has 2 heterocycles. The number of sulfonamides is 1. The van der Waals surface area contributed by atoms with E-state index in [1.165, 1.54) is 42.8 Å². The predicted molar refractivity (Wildman–Crippen MR) is 97.6 cm³/mol. The van der Waals surface area contributed by atoms with Crippen molar-refractivity contribution in [3.8, 4) is 0 Å². The Morgan fingerprint density at radius 1 is 1.38 bits per heavy atom. The molecule has 1 unspecified atom stereocenters. The maximum Gasteiger partial charge on any atom is 0.264 e. The molecule has 0 spiro atoms. The topological polar surface area (TPSA) is 75.7 Å². The van der Waals surface area contributed by atoms with Crippen LogP contribution in [0.2, 0.25) is 0 Å². The molecule has 1 aromatic carbocycles. The lowest BCUT2D eigenvalue weighted by molar-refractivity contribution is 0.0861. The van der Waals surface area contributed by atoms with E-state index < -0.39 is 15.8 Å². The van der Waals surface area contributed by atoms with Crippen LogP contribution in [0, 0.1) is 5.82 Å². The van der Waals surface area contributed by atoms with Gasteiger partial charge in [0.1, 0.15) is 5.82 Å². The molecule has 1 amide bonds. The summed E-state index contributed by atoms with van der Waals surface area (Å²) in [5, 5.41) is 4.20. The molecule has 1 aliphatic rings. The van der Waals surface area contributed by atoms with Crippen molar-refractivity contribution in [2.45, 2.75) is 23.8 Å². The highest BCUT2D eigenvalue weighted by Crippen LogP contribution is 2.26. The quantitative estimate of drug-likeness (QED) is 0.812. The number of halogens is 1. The van der Waals surface area contributed by atoms with Gasteiger partial charge < -0.3 is 10.1 Å². The van der Waals surface area contributed by atoms with Gasteiger partial charge >= 0.3 is 0 Å². The number of thiophene rings is 1. The van der Waals surface area contributed by atoms with Gasteiger partial charge in [-0.05, 0) is 43.2 Å². The van der Waals surface area contributed by atoms with E-state index in [1.807, 2.05) is 0 Å². The van der Waals surface area contributed by atoms with Crippen molar-refractivity contribution < 1.29 is 22.3 Å². The number of ether oxygens (including phenoxy) is 1. The predicted octanol–water partition coefficient (Wildman–Crippen LogP) is 2.62. The van der Waals surface area contributed by atoms with E-state index in [0.29, 0.717) is 23.7 Å². The molecule has 140 valence electrons. The molecule has 1 aromatic heterocycles. The van der Waals surface area contributed by atoms with E-state index in [4.69, 9.17) is 4.74 Å². The fraction of sp³-hybridized carbons (Fsp3) is 0.353. The molecule has 0 saturated carbocycles. The maximum atomic E-state index is 13.0. The number of nitrogens with one attached hydrogen (secondary N) is 1. The number of hydrogen-bond acceptors (Lipinski definition) is 5. The zero-order valence-corrected chi connectivity index (χ0v) is 15.8. The second-order valence-corrected chi connectivity index (χ2v) is 8.82. The SMILES string of the molecule is CN(c1ccc(F)cc1)S(=O)(=O)c1csc(C(=O)NCC2CCCO2)c1. The first-order chi connectivity index (χ1) is 12.4. The van der Waals surface area contributed by atoms with Crippen molar-refractivity contribution in [3.63, 3.8) is 0 Å². The normalized spacial score (nSPS) is 17.2. The lowest BCUT2D eigenvalue weighted by atomic mass is 10.2. The lowest BCUT2D eigenvalue weighted by Crippen LogP contribution is -2.31. The van der Waals surface area contributed by atoms with Crippen LogP contribution in [-0.4, -0.2) is 40.6 Å². The van der Waals surface area contributed by atoms with E-state index in [9.17, 15) is 17.6 Å². The first-order valence-corrected chi connectivity index (χ1v) is 10.4. The van der Waals surface area contributed by atoms with E-state index in [-0.39, 0.29) is 16.9 Å². The number of hydrogen-bond donors (Lipinski definition) is 1. The van der Waals surface area contributed by atoms with Crippen molar-refractivity contribution in [3.05, 3.63) is 46.4 Å². The first kappa shape index (κ1) is 18.8. The van der Waals surface area contributed by atoms with Gasteiger partial charge in [-0.15, -0.1) is 11.3 Å². The van der Waals surface area contributed by atoms with Crippen LogP contribution in [0.4, 0.5) is 10.1 Å². The van der Waals surface area contributed by atoms with Gasteiger partial charge in [0.25, 0.3) is 15.9 Å². The third-order valence-electron chi connectivity index (χ3n) is 4.16. The molecule has 1 N–H and O–H groups in total. The summed E-state index contributed by atoms with van der Waals surface area (Å²) in [5.41, 5.74) is 0.335. The van der Waals surface area contributed by atoms with Crippen molar-refractivity contribution in [1.29, 1.82) is 0 Å². The zero-order chi connectivity index (χ0) is 18.7. The molecule has 3 rings (SSSR count). The molecule has 6 nitrogen and oxygen atoms in total. The number of amides is 1. The molecule has 0 bridgehead atoms. The van der Waals surface area contributed by atoms with Crippen LogP contribution in [0.15, 0.2) is 40.6 Å². The number of nitrogens with zero attached hydrogens (tertiary/aromatic N) is 1. The smallest absolute Gasteiger partial charge is 0.264 e. The molecule has 2 aromatic rings. The highest BCUT2D eigenvalue weighted by atomic mass is 32.2. The third kappa shape index (κ3) is 4.05. The minimum absolute atomic E-state index is 0.0201.